The van der Waals surface area contributed by atoms with Gasteiger partial charge in [-0.2, -0.15) is 8.42 Å². The summed E-state index contributed by atoms with van der Waals surface area (Å²) in [5.74, 6) is -0.220. The van der Waals surface area contributed by atoms with Crippen molar-refractivity contribution in [2.45, 2.75) is 18.7 Å². The lowest BCUT2D eigenvalue weighted by Gasteiger charge is -2.08. The molecule has 2 aromatic rings. The van der Waals surface area contributed by atoms with E-state index in [1.807, 2.05) is 6.92 Å². The third-order valence-corrected chi connectivity index (χ3v) is 3.89. The second kappa shape index (κ2) is 5.01. The Kier molecular flexibility index (Phi) is 3.57. The molecule has 0 fully saturated rings. The topological polar surface area (TPSA) is 43.4 Å². The maximum Gasteiger partial charge on any atom is 0.339 e. The van der Waals surface area contributed by atoms with Crippen molar-refractivity contribution < 1.29 is 17.0 Å². The van der Waals surface area contributed by atoms with Gasteiger partial charge >= 0.3 is 10.1 Å². The van der Waals surface area contributed by atoms with E-state index in [4.69, 9.17) is 4.18 Å². The van der Waals surface area contributed by atoms with Crippen molar-refractivity contribution >= 4 is 10.1 Å². The molecule has 0 aliphatic heterocycles. The highest BCUT2D eigenvalue weighted by atomic mass is 32.2. The van der Waals surface area contributed by atoms with Crippen molar-refractivity contribution in [3.05, 3.63) is 59.4 Å². The van der Waals surface area contributed by atoms with Gasteiger partial charge in [-0.15, -0.1) is 0 Å². The summed E-state index contributed by atoms with van der Waals surface area (Å²) in [5.41, 5.74) is 1.26. The summed E-state index contributed by atoms with van der Waals surface area (Å²) >= 11 is 0. The maximum atomic E-state index is 13.1. The third-order valence-electron chi connectivity index (χ3n) is 2.65. The fourth-order valence-electron chi connectivity index (χ4n) is 1.54. The number of benzene rings is 2. The first-order valence-electron chi connectivity index (χ1n) is 5.66. The highest BCUT2D eigenvalue weighted by molar-refractivity contribution is 7.87. The van der Waals surface area contributed by atoms with E-state index in [0.717, 1.165) is 11.6 Å². The summed E-state index contributed by atoms with van der Waals surface area (Å²) in [7, 11) is -3.93. The Bertz CT molecular complexity index is 691. The van der Waals surface area contributed by atoms with Crippen LogP contribution in [0.5, 0.6) is 5.75 Å². The second-order valence-corrected chi connectivity index (χ2v) is 5.81. The summed E-state index contributed by atoms with van der Waals surface area (Å²) in [4.78, 5) is -0.0630. The molecule has 0 amide bonds. The Balaban J connectivity index is 2.32. The fourth-order valence-corrected chi connectivity index (χ4v) is 2.56. The van der Waals surface area contributed by atoms with Crippen LogP contribution >= 0.6 is 0 Å². The molecule has 5 heteroatoms. The second-order valence-electron chi connectivity index (χ2n) is 4.26. The SMILES string of the molecule is Cc1ccc(OS(=O)(=O)c2ccc(F)c(C)c2)cc1. The van der Waals surface area contributed by atoms with E-state index in [9.17, 15) is 12.8 Å². The molecular weight excluding hydrogens is 267 g/mol. The van der Waals surface area contributed by atoms with Crippen LogP contribution < -0.4 is 4.18 Å². The van der Waals surface area contributed by atoms with Gasteiger partial charge in [0, 0.05) is 0 Å². The van der Waals surface area contributed by atoms with Crippen LogP contribution in [0.3, 0.4) is 0 Å². The smallest absolute Gasteiger partial charge is 0.339 e. The molecular formula is C14H13FO3S. The molecule has 0 radical (unpaired) electrons. The Labute approximate surface area is 111 Å². The first-order chi connectivity index (χ1) is 8.88. The van der Waals surface area contributed by atoms with E-state index < -0.39 is 15.9 Å². The standard InChI is InChI=1S/C14H13FO3S/c1-10-3-5-12(6-4-10)18-19(16,17)13-7-8-14(15)11(2)9-13/h3-9H,1-2H3. The van der Waals surface area contributed by atoms with Crippen LogP contribution in [0, 0.1) is 19.7 Å². The van der Waals surface area contributed by atoms with Gasteiger partial charge in [-0.25, -0.2) is 4.39 Å². The number of hydrogen-bond donors (Lipinski definition) is 0. The molecule has 0 saturated heterocycles. The highest BCUT2D eigenvalue weighted by Crippen LogP contribution is 2.20. The molecule has 2 rings (SSSR count). The average molecular weight is 280 g/mol. The van der Waals surface area contributed by atoms with E-state index in [-0.39, 0.29) is 16.2 Å². The molecule has 0 aliphatic rings. The Morgan fingerprint density at radius 3 is 2.21 bits per heavy atom. The zero-order valence-electron chi connectivity index (χ0n) is 10.6. The Hall–Kier alpha value is -1.88. The van der Waals surface area contributed by atoms with Gasteiger partial charge in [0.2, 0.25) is 0 Å². The van der Waals surface area contributed by atoms with E-state index in [2.05, 4.69) is 0 Å². The lowest BCUT2D eigenvalue weighted by atomic mass is 10.2. The van der Waals surface area contributed by atoms with Crippen LogP contribution in [-0.2, 0) is 10.1 Å². The van der Waals surface area contributed by atoms with Crippen molar-refractivity contribution in [3.63, 3.8) is 0 Å². The van der Waals surface area contributed by atoms with Crippen molar-refractivity contribution in [1.82, 2.24) is 0 Å². The van der Waals surface area contributed by atoms with Crippen LogP contribution in [0.1, 0.15) is 11.1 Å². The molecule has 0 heterocycles. The molecule has 19 heavy (non-hydrogen) atoms. The van der Waals surface area contributed by atoms with Crippen molar-refractivity contribution in [3.8, 4) is 5.75 Å². The van der Waals surface area contributed by atoms with Crippen LogP contribution in [0.15, 0.2) is 47.4 Å². The van der Waals surface area contributed by atoms with Gasteiger partial charge < -0.3 is 4.18 Å². The average Bonchev–Trinajstić information content (AvgIpc) is 2.35. The Morgan fingerprint density at radius 2 is 1.63 bits per heavy atom. The van der Waals surface area contributed by atoms with Gasteiger partial charge in [0.15, 0.2) is 0 Å². The zero-order chi connectivity index (χ0) is 14.0. The van der Waals surface area contributed by atoms with E-state index in [0.29, 0.717) is 0 Å². The van der Waals surface area contributed by atoms with Crippen molar-refractivity contribution in [2.24, 2.45) is 0 Å². The first-order valence-corrected chi connectivity index (χ1v) is 7.06. The molecule has 3 nitrogen and oxygen atoms in total. The molecule has 100 valence electrons. The molecule has 0 unspecified atom stereocenters. The number of rotatable bonds is 3. The van der Waals surface area contributed by atoms with Gasteiger partial charge in [-0.1, -0.05) is 17.7 Å². The molecule has 0 aliphatic carbocycles. The number of hydrogen-bond acceptors (Lipinski definition) is 3. The summed E-state index contributed by atoms with van der Waals surface area (Å²) in [6, 6.07) is 10.2. The zero-order valence-corrected chi connectivity index (χ0v) is 11.4. The minimum atomic E-state index is -3.93. The summed E-state index contributed by atoms with van der Waals surface area (Å²) < 4.78 is 42.1. The predicted molar refractivity (Wildman–Crippen MR) is 70.1 cm³/mol. The van der Waals surface area contributed by atoms with Crippen molar-refractivity contribution in [1.29, 1.82) is 0 Å². The van der Waals surface area contributed by atoms with Gasteiger partial charge in [0.05, 0.1) is 0 Å². The van der Waals surface area contributed by atoms with Crippen molar-refractivity contribution in [2.75, 3.05) is 0 Å². The van der Waals surface area contributed by atoms with Gasteiger partial charge in [0.25, 0.3) is 0 Å². The maximum absolute atomic E-state index is 13.1. The quantitative estimate of drug-likeness (QED) is 0.811. The molecule has 0 bridgehead atoms. The first kappa shape index (κ1) is 13.5. The van der Waals surface area contributed by atoms with E-state index in [1.165, 1.54) is 19.1 Å². The van der Waals surface area contributed by atoms with Crippen LogP contribution in [0.4, 0.5) is 4.39 Å². The molecule has 0 aromatic heterocycles. The van der Waals surface area contributed by atoms with Gasteiger partial charge in [-0.05, 0) is 49.7 Å². The summed E-state index contributed by atoms with van der Waals surface area (Å²) in [5, 5.41) is 0. The van der Waals surface area contributed by atoms with Crippen LogP contribution in [-0.4, -0.2) is 8.42 Å². The van der Waals surface area contributed by atoms with Gasteiger partial charge in [0.1, 0.15) is 16.5 Å². The molecule has 0 saturated carbocycles. The van der Waals surface area contributed by atoms with E-state index >= 15 is 0 Å². The normalized spacial score (nSPS) is 11.3. The highest BCUT2D eigenvalue weighted by Gasteiger charge is 2.17. The van der Waals surface area contributed by atoms with Crippen LogP contribution in [0.25, 0.3) is 0 Å². The number of aryl methyl sites for hydroxylation is 2. The summed E-state index contributed by atoms with van der Waals surface area (Å²) in [6.07, 6.45) is 0. The summed E-state index contributed by atoms with van der Waals surface area (Å²) in [6.45, 7) is 3.39. The molecule has 0 spiro atoms. The monoisotopic (exact) mass is 280 g/mol. The van der Waals surface area contributed by atoms with Gasteiger partial charge in [-0.3, -0.25) is 0 Å². The largest absolute Gasteiger partial charge is 0.379 e. The molecule has 0 N–H and O–H groups in total. The molecule has 2 aromatic carbocycles. The fraction of sp³-hybridized carbons (Fsp3) is 0.143. The van der Waals surface area contributed by atoms with Crippen LogP contribution in [0.2, 0.25) is 0 Å². The molecule has 0 atom stereocenters. The number of halogens is 1. The minimum absolute atomic E-state index is 0.0630. The Morgan fingerprint density at radius 1 is 1.00 bits per heavy atom. The lowest BCUT2D eigenvalue weighted by Crippen LogP contribution is -2.10. The predicted octanol–water partition coefficient (Wildman–Crippen LogP) is 3.21. The minimum Gasteiger partial charge on any atom is -0.379 e. The lowest BCUT2D eigenvalue weighted by molar-refractivity contribution is 0.485. The third kappa shape index (κ3) is 3.12. The van der Waals surface area contributed by atoms with E-state index in [1.54, 1.807) is 24.3 Å².